The molecule has 2 N–H and O–H groups in total. The minimum Gasteiger partial charge on any atom is -0.380 e. The fraction of sp³-hybridized carbons (Fsp3) is 0.440. The molecular formula is C25H32FN5O. The molecule has 2 unspecified atom stereocenters. The summed E-state index contributed by atoms with van der Waals surface area (Å²) in [6.45, 7) is 8.87. The number of piperidine rings is 1. The third-order valence-corrected chi connectivity index (χ3v) is 6.18. The summed E-state index contributed by atoms with van der Waals surface area (Å²) >= 11 is 0. The van der Waals surface area contributed by atoms with Crippen LogP contribution in [0, 0.1) is 11.7 Å². The number of aldehydes is 1. The molecule has 7 heteroatoms. The summed E-state index contributed by atoms with van der Waals surface area (Å²) in [7, 11) is 0. The Balaban J connectivity index is 1.48. The van der Waals surface area contributed by atoms with Gasteiger partial charge in [0.05, 0.1) is 11.7 Å². The average Bonchev–Trinajstić information content (AvgIpc) is 3.20. The molecule has 0 spiro atoms. The minimum absolute atomic E-state index is 0.206. The Morgan fingerprint density at radius 3 is 2.94 bits per heavy atom. The van der Waals surface area contributed by atoms with Crippen molar-refractivity contribution in [3.8, 4) is 0 Å². The lowest BCUT2D eigenvalue weighted by Gasteiger charge is -2.39. The van der Waals surface area contributed by atoms with Gasteiger partial charge in [0.25, 0.3) is 0 Å². The second-order valence-electron chi connectivity index (χ2n) is 8.89. The predicted octanol–water partition coefficient (Wildman–Crippen LogP) is 4.83. The van der Waals surface area contributed by atoms with Gasteiger partial charge in [-0.05, 0) is 75.9 Å². The number of rotatable bonds is 8. The maximum absolute atomic E-state index is 13.6. The molecule has 0 saturated carbocycles. The molecule has 0 bridgehead atoms. The second kappa shape index (κ2) is 9.59. The molecule has 6 nitrogen and oxygen atoms in total. The van der Waals surface area contributed by atoms with Gasteiger partial charge in [0.2, 0.25) is 0 Å². The number of aromatic amines is 1. The first-order chi connectivity index (χ1) is 15.5. The quantitative estimate of drug-likeness (QED) is 0.494. The highest BCUT2D eigenvalue weighted by atomic mass is 19.1. The van der Waals surface area contributed by atoms with Crippen LogP contribution >= 0.6 is 0 Å². The smallest absolute Gasteiger partial charge is 0.151 e. The average molecular weight is 438 g/mol. The Bertz CT molecular complexity index is 1070. The molecule has 3 heterocycles. The Labute approximate surface area is 188 Å². The van der Waals surface area contributed by atoms with Gasteiger partial charge in [-0.15, -0.1) is 0 Å². The van der Waals surface area contributed by atoms with E-state index in [1.807, 2.05) is 18.3 Å². The summed E-state index contributed by atoms with van der Waals surface area (Å²) in [5.74, 6) is 1.97. The van der Waals surface area contributed by atoms with Crippen LogP contribution in [0.15, 0.2) is 42.6 Å². The van der Waals surface area contributed by atoms with Gasteiger partial charge in [-0.1, -0.05) is 0 Å². The van der Waals surface area contributed by atoms with Gasteiger partial charge in [0, 0.05) is 42.8 Å². The van der Waals surface area contributed by atoms with Crippen LogP contribution in [0.5, 0.6) is 0 Å². The summed E-state index contributed by atoms with van der Waals surface area (Å²) in [6, 6.07) is 10.8. The fourth-order valence-electron chi connectivity index (χ4n) is 4.66. The number of nitrogens with one attached hydrogen (secondary N) is 2. The van der Waals surface area contributed by atoms with E-state index in [1.54, 1.807) is 6.07 Å². The Hall–Kier alpha value is -3.09. The number of nitrogens with zero attached hydrogens (tertiary/aromatic N) is 3. The molecule has 1 aliphatic heterocycles. The molecule has 32 heavy (non-hydrogen) atoms. The van der Waals surface area contributed by atoms with Crippen LogP contribution in [-0.2, 0) is 4.79 Å². The van der Waals surface area contributed by atoms with Crippen LogP contribution in [0.2, 0.25) is 0 Å². The number of anilines is 3. The monoisotopic (exact) mass is 437 g/mol. The topological polar surface area (TPSA) is 64.3 Å². The lowest BCUT2D eigenvalue weighted by Crippen LogP contribution is -2.46. The second-order valence-corrected chi connectivity index (χ2v) is 8.89. The number of hydrogen-bond donors (Lipinski definition) is 2. The molecule has 4 rings (SSSR count). The third-order valence-electron chi connectivity index (χ3n) is 6.18. The summed E-state index contributed by atoms with van der Waals surface area (Å²) in [4.78, 5) is 24.4. The summed E-state index contributed by atoms with van der Waals surface area (Å²) < 4.78 is 13.6. The van der Waals surface area contributed by atoms with E-state index < -0.39 is 0 Å². The highest BCUT2D eigenvalue weighted by Gasteiger charge is 2.30. The minimum atomic E-state index is -0.255. The molecule has 1 aromatic carbocycles. The van der Waals surface area contributed by atoms with Gasteiger partial charge < -0.3 is 24.9 Å². The number of carbonyl (C=O) groups is 1. The van der Waals surface area contributed by atoms with Crippen LogP contribution in [0.4, 0.5) is 21.7 Å². The molecule has 3 aromatic rings. The van der Waals surface area contributed by atoms with E-state index in [4.69, 9.17) is 0 Å². The summed E-state index contributed by atoms with van der Waals surface area (Å²) in [5, 5.41) is 4.31. The SMILES string of the molecule is CCN(CC1CCN(c2cc3cc(F)ccc3[nH]2)C(C=O)C1)c1ncccc1NC(C)C. The van der Waals surface area contributed by atoms with Gasteiger partial charge in [-0.2, -0.15) is 0 Å². The van der Waals surface area contributed by atoms with Crippen molar-refractivity contribution in [2.75, 3.05) is 34.8 Å². The van der Waals surface area contributed by atoms with E-state index in [0.29, 0.717) is 12.0 Å². The molecular weight excluding hydrogens is 405 g/mol. The highest BCUT2D eigenvalue weighted by molar-refractivity contribution is 5.85. The standard InChI is InChI=1S/C25H32FN5O/c1-4-30(25-23(28-17(2)3)6-5-10-27-25)15-18-9-11-31(21(12-18)16-32)24-14-19-13-20(26)7-8-22(19)29-24/h5-8,10,13-14,16-18,21,28-29H,4,9,11-12,15H2,1-3H3. The molecule has 0 aliphatic carbocycles. The van der Waals surface area contributed by atoms with Gasteiger partial charge >= 0.3 is 0 Å². The lowest BCUT2D eigenvalue weighted by molar-refractivity contribution is -0.109. The van der Waals surface area contributed by atoms with Crippen LogP contribution in [0.1, 0.15) is 33.6 Å². The van der Waals surface area contributed by atoms with Crippen LogP contribution in [0.25, 0.3) is 10.9 Å². The maximum Gasteiger partial charge on any atom is 0.151 e. The van der Waals surface area contributed by atoms with Gasteiger partial charge in [0.1, 0.15) is 17.9 Å². The first-order valence-electron chi connectivity index (χ1n) is 11.4. The number of pyridine rings is 1. The Morgan fingerprint density at radius 2 is 2.19 bits per heavy atom. The van der Waals surface area contributed by atoms with Crippen molar-refractivity contribution in [3.05, 3.63) is 48.4 Å². The lowest BCUT2D eigenvalue weighted by atomic mass is 9.90. The number of carbonyl (C=O) groups excluding carboxylic acids is 1. The maximum atomic E-state index is 13.6. The Kier molecular flexibility index (Phi) is 6.63. The first kappa shape index (κ1) is 22.1. The zero-order valence-corrected chi connectivity index (χ0v) is 19.0. The number of halogens is 1. The highest BCUT2D eigenvalue weighted by Crippen LogP contribution is 2.32. The van der Waals surface area contributed by atoms with Gasteiger partial charge in [-0.3, -0.25) is 0 Å². The van der Waals surface area contributed by atoms with Crippen molar-refractivity contribution in [3.63, 3.8) is 0 Å². The van der Waals surface area contributed by atoms with Crippen molar-refractivity contribution in [2.24, 2.45) is 5.92 Å². The van der Waals surface area contributed by atoms with Gasteiger partial charge in [0.15, 0.2) is 5.82 Å². The zero-order valence-electron chi connectivity index (χ0n) is 19.0. The predicted molar refractivity (Wildman–Crippen MR) is 129 cm³/mol. The normalized spacial score (nSPS) is 18.8. The Morgan fingerprint density at radius 1 is 1.34 bits per heavy atom. The molecule has 0 radical (unpaired) electrons. The van der Waals surface area contributed by atoms with Crippen LogP contribution < -0.4 is 15.1 Å². The third kappa shape index (κ3) is 4.71. The molecule has 170 valence electrons. The van der Waals surface area contributed by atoms with Crippen LogP contribution in [-0.4, -0.2) is 48.0 Å². The molecule has 2 aromatic heterocycles. The van der Waals surface area contributed by atoms with Crippen molar-refractivity contribution in [2.45, 2.75) is 45.7 Å². The van der Waals surface area contributed by atoms with E-state index in [-0.39, 0.29) is 11.9 Å². The number of benzene rings is 1. The summed E-state index contributed by atoms with van der Waals surface area (Å²) in [6.07, 6.45) is 4.63. The number of aromatic nitrogens is 2. The largest absolute Gasteiger partial charge is 0.380 e. The van der Waals surface area contributed by atoms with Crippen molar-refractivity contribution < 1.29 is 9.18 Å². The fourth-order valence-corrected chi connectivity index (χ4v) is 4.66. The van der Waals surface area contributed by atoms with Crippen molar-refractivity contribution in [1.29, 1.82) is 0 Å². The van der Waals surface area contributed by atoms with E-state index in [1.165, 1.54) is 12.1 Å². The molecule has 2 atom stereocenters. The van der Waals surface area contributed by atoms with Crippen molar-refractivity contribution >= 4 is 34.5 Å². The van der Waals surface area contributed by atoms with E-state index in [0.717, 1.165) is 67.0 Å². The molecule has 0 amide bonds. The van der Waals surface area contributed by atoms with Crippen LogP contribution in [0.3, 0.4) is 0 Å². The molecule has 1 aliphatic rings. The van der Waals surface area contributed by atoms with Gasteiger partial charge in [-0.25, -0.2) is 9.37 Å². The number of H-pyrrole nitrogens is 1. The first-order valence-corrected chi connectivity index (χ1v) is 11.4. The van der Waals surface area contributed by atoms with Crippen molar-refractivity contribution in [1.82, 2.24) is 9.97 Å². The van der Waals surface area contributed by atoms with E-state index in [9.17, 15) is 9.18 Å². The zero-order chi connectivity index (χ0) is 22.7. The summed E-state index contributed by atoms with van der Waals surface area (Å²) in [5.41, 5.74) is 1.92. The molecule has 1 saturated heterocycles. The van der Waals surface area contributed by atoms with E-state index in [2.05, 4.69) is 51.9 Å². The molecule has 1 fully saturated rings. The number of fused-ring (bicyclic) bond motifs is 1. The number of hydrogen-bond acceptors (Lipinski definition) is 5. The van der Waals surface area contributed by atoms with E-state index >= 15 is 0 Å².